The normalized spacial score (nSPS) is 34.9. The maximum absolute atomic E-state index is 11.8. The van der Waals surface area contributed by atoms with E-state index in [0.717, 1.165) is 0 Å². The Bertz CT molecular complexity index is 400. The van der Waals surface area contributed by atoms with Crippen molar-refractivity contribution < 1.29 is 9.53 Å². The molecule has 2 bridgehead atoms. The molecule has 3 rings (SSSR count). The Balaban J connectivity index is 1.84. The Morgan fingerprint density at radius 2 is 1.82 bits per heavy atom. The molecule has 0 heterocycles. The number of ether oxygens (including phenoxy) is 1. The maximum Gasteiger partial charge on any atom is 0.309 e. The van der Waals surface area contributed by atoms with Crippen LogP contribution in [0.2, 0.25) is 0 Å². The zero-order valence-corrected chi connectivity index (χ0v) is 10.1. The molecule has 0 aliphatic heterocycles. The topological polar surface area (TPSA) is 26.3 Å². The highest BCUT2D eigenvalue weighted by molar-refractivity contribution is 5.75. The molecule has 1 aromatic rings. The number of hydrogen-bond acceptors (Lipinski definition) is 2. The van der Waals surface area contributed by atoms with Crippen molar-refractivity contribution in [3.05, 3.63) is 35.9 Å². The van der Waals surface area contributed by atoms with Crippen molar-refractivity contribution in [2.75, 3.05) is 7.11 Å². The van der Waals surface area contributed by atoms with Crippen molar-refractivity contribution in [1.82, 2.24) is 0 Å². The number of carbonyl (C=O) groups excluding carboxylic acids is 1. The first-order valence-electron chi connectivity index (χ1n) is 6.45. The van der Waals surface area contributed by atoms with Gasteiger partial charge in [-0.3, -0.25) is 4.79 Å². The first-order valence-corrected chi connectivity index (χ1v) is 6.45. The van der Waals surface area contributed by atoms with E-state index in [1.807, 2.05) is 0 Å². The fourth-order valence-corrected chi connectivity index (χ4v) is 3.90. The SMILES string of the molecule is COC(=O)C1[C@H]2CCC[C@H]1C2c1ccccc1. The molecule has 2 heteroatoms. The minimum Gasteiger partial charge on any atom is -0.469 e. The van der Waals surface area contributed by atoms with Gasteiger partial charge in [-0.25, -0.2) is 0 Å². The molecule has 2 saturated carbocycles. The summed E-state index contributed by atoms with van der Waals surface area (Å²) in [4.78, 5) is 11.8. The second-order valence-electron chi connectivity index (χ2n) is 5.24. The van der Waals surface area contributed by atoms with E-state index in [1.165, 1.54) is 31.9 Å². The number of carbonyl (C=O) groups is 1. The number of rotatable bonds is 2. The van der Waals surface area contributed by atoms with E-state index >= 15 is 0 Å². The lowest BCUT2D eigenvalue weighted by atomic mass is 9.48. The number of hydrogen-bond donors (Lipinski definition) is 0. The summed E-state index contributed by atoms with van der Waals surface area (Å²) in [5.74, 6) is 1.80. The predicted octanol–water partition coefficient (Wildman–Crippen LogP) is 2.99. The van der Waals surface area contributed by atoms with E-state index in [9.17, 15) is 4.79 Å². The van der Waals surface area contributed by atoms with E-state index in [-0.39, 0.29) is 11.9 Å². The van der Waals surface area contributed by atoms with Crippen LogP contribution in [0.25, 0.3) is 0 Å². The Labute approximate surface area is 102 Å². The minimum atomic E-state index is 0.00637. The largest absolute Gasteiger partial charge is 0.469 e. The molecule has 90 valence electrons. The van der Waals surface area contributed by atoms with E-state index in [4.69, 9.17) is 4.74 Å². The third kappa shape index (κ3) is 1.58. The number of benzene rings is 1. The Hall–Kier alpha value is -1.31. The summed E-state index contributed by atoms with van der Waals surface area (Å²) in [5.41, 5.74) is 1.40. The average Bonchev–Trinajstić information content (AvgIpc) is 2.40. The van der Waals surface area contributed by atoms with Gasteiger partial charge in [0.2, 0.25) is 0 Å². The molecule has 0 spiro atoms. The van der Waals surface area contributed by atoms with Crippen molar-refractivity contribution in [1.29, 1.82) is 0 Å². The van der Waals surface area contributed by atoms with Crippen LogP contribution in [-0.4, -0.2) is 13.1 Å². The first kappa shape index (κ1) is 10.8. The molecule has 2 aliphatic carbocycles. The van der Waals surface area contributed by atoms with Crippen LogP contribution in [0.15, 0.2) is 30.3 Å². The Morgan fingerprint density at radius 1 is 1.18 bits per heavy atom. The second-order valence-corrected chi connectivity index (χ2v) is 5.24. The third-order valence-electron chi connectivity index (χ3n) is 4.58. The Morgan fingerprint density at radius 3 is 2.41 bits per heavy atom. The molecule has 0 N–H and O–H groups in total. The summed E-state index contributed by atoms with van der Waals surface area (Å²) < 4.78 is 4.94. The van der Waals surface area contributed by atoms with Crippen molar-refractivity contribution in [3.8, 4) is 0 Å². The summed E-state index contributed by atoms with van der Waals surface area (Å²) in [7, 11) is 1.51. The van der Waals surface area contributed by atoms with Crippen LogP contribution in [0.5, 0.6) is 0 Å². The van der Waals surface area contributed by atoms with Gasteiger partial charge in [-0.15, -0.1) is 0 Å². The molecular formula is C15H18O2. The molecule has 0 amide bonds. The van der Waals surface area contributed by atoms with Gasteiger partial charge >= 0.3 is 5.97 Å². The molecular weight excluding hydrogens is 212 g/mol. The molecule has 0 radical (unpaired) electrons. The molecule has 0 unspecified atom stereocenters. The molecule has 1 aromatic carbocycles. The molecule has 0 aromatic heterocycles. The minimum absolute atomic E-state index is 0.00637. The van der Waals surface area contributed by atoms with Gasteiger partial charge in [-0.05, 0) is 36.2 Å². The van der Waals surface area contributed by atoms with E-state index < -0.39 is 0 Å². The summed E-state index contributed by atoms with van der Waals surface area (Å²) in [6.45, 7) is 0. The highest BCUT2D eigenvalue weighted by Crippen LogP contribution is 2.60. The van der Waals surface area contributed by atoms with E-state index in [1.54, 1.807) is 0 Å². The fraction of sp³-hybridized carbons (Fsp3) is 0.533. The second kappa shape index (κ2) is 4.17. The highest BCUT2D eigenvalue weighted by Gasteiger charge is 2.56. The van der Waals surface area contributed by atoms with Gasteiger partial charge < -0.3 is 4.74 Å². The van der Waals surface area contributed by atoms with Gasteiger partial charge in [0.1, 0.15) is 0 Å². The quantitative estimate of drug-likeness (QED) is 0.730. The summed E-state index contributed by atoms with van der Waals surface area (Å²) in [6.07, 6.45) is 3.62. The van der Waals surface area contributed by atoms with Crippen LogP contribution in [-0.2, 0) is 9.53 Å². The molecule has 2 fully saturated rings. The lowest BCUT2D eigenvalue weighted by Gasteiger charge is -2.55. The van der Waals surface area contributed by atoms with Gasteiger partial charge in [-0.1, -0.05) is 36.8 Å². The molecule has 2 atom stereocenters. The van der Waals surface area contributed by atoms with Crippen molar-refractivity contribution >= 4 is 5.97 Å². The predicted molar refractivity (Wildman–Crippen MR) is 65.5 cm³/mol. The van der Waals surface area contributed by atoms with Crippen LogP contribution in [0, 0.1) is 17.8 Å². The Kier molecular flexibility index (Phi) is 2.65. The van der Waals surface area contributed by atoms with Crippen LogP contribution in [0.4, 0.5) is 0 Å². The average molecular weight is 230 g/mol. The smallest absolute Gasteiger partial charge is 0.309 e. The summed E-state index contributed by atoms with van der Waals surface area (Å²) in [6, 6.07) is 10.6. The van der Waals surface area contributed by atoms with Gasteiger partial charge in [-0.2, -0.15) is 0 Å². The van der Waals surface area contributed by atoms with Crippen LogP contribution < -0.4 is 0 Å². The number of methoxy groups -OCH3 is 1. The molecule has 17 heavy (non-hydrogen) atoms. The zero-order chi connectivity index (χ0) is 11.8. The first-order chi connectivity index (χ1) is 8.33. The molecule has 0 saturated heterocycles. The van der Waals surface area contributed by atoms with Crippen LogP contribution >= 0.6 is 0 Å². The lowest BCUT2D eigenvalue weighted by molar-refractivity contribution is -0.162. The standard InChI is InChI=1S/C15H18O2/c1-17-15(16)14-11-8-5-9-12(14)13(11)10-6-3-2-4-7-10/h2-4,6-7,11-14H,5,8-9H2,1H3/t11-,12-,13?,14?/m0/s1. The van der Waals surface area contributed by atoms with Crippen molar-refractivity contribution in [3.63, 3.8) is 0 Å². The van der Waals surface area contributed by atoms with Gasteiger partial charge in [0.15, 0.2) is 0 Å². The molecule has 2 aliphatic rings. The maximum atomic E-state index is 11.8. The third-order valence-corrected chi connectivity index (χ3v) is 4.58. The number of fused-ring (bicyclic) bond motifs is 2. The molecule has 2 nitrogen and oxygen atoms in total. The summed E-state index contributed by atoms with van der Waals surface area (Å²) >= 11 is 0. The van der Waals surface area contributed by atoms with Crippen LogP contribution in [0.1, 0.15) is 30.7 Å². The van der Waals surface area contributed by atoms with Gasteiger partial charge in [0.25, 0.3) is 0 Å². The zero-order valence-electron chi connectivity index (χ0n) is 10.1. The van der Waals surface area contributed by atoms with Gasteiger partial charge in [0, 0.05) is 0 Å². The van der Waals surface area contributed by atoms with Crippen molar-refractivity contribution in [2.24, 2.45) is 17.8 Å². The fourth-order valence-electron chi connectivity index (χ4n) is 3.90. The highest BCUT2D eigenvalue weighted by atomic mass is 16.5. The monoisotopic (exact) mass is 230 g/mol. The number of esters is 1. The lowest BCUT2D eigenvalue weighted by Crippen LogP contribution is -2.52. The summed E-state index contributed by atoms with van der Waals surface area (Å²) in [5, 5.41) is 0. The van der Waals surface area contributed by atoms with Crippen LogP contribution in [0.3, 0.4) is 0 Å². The van der Waals surface area contributed by atoms with E-state index in [2.05, 4.69) is 30.3 Å². The van der Waals surface area contributed by atoms with E-state index in [0.29, 0.717) is 17.8 Å². The van der Waals surface area contributed by atoms with Gasteiger partial charge in [0.05, 0.1) is 13.0 Å². The van der Waals surface area contributed by atoms with Crippen molar-refractivity contribution in [2.45, 2.75) is 25.2 Å².